The van der Waals surface area contributed by atoms with E-state index in [0.29, 0.717) is 21.9 Å². The summed E-state index contributed by atoms with van der Waals surface area (Å²) in [6.45, 7) is -0.0528. The third kappa shape index (κ3) is 3.12. The summed E-state index contributed by atoms with van der Waals surface area (Å²) in [6.07, 6.45) is 0. The number of hydrogen-bond donors (Lipinski definition) is 0. The Morgan fingerprint density at radius 2 is 2.21 bits per heavy atom. The lowest BCUT2D eigenvalue weighted by atomic mass is 10.2. The highest BCUT2D eigenvalue weighted by Gasteiger charge is 2.10. The van der Waals surface area contributed by atoms with Crippen LogP contribution < -0.4 is 9.47 Å². The molecule has 0 saturated carbocycles. The van der Waals surface area contributed by atoms with Crippen LogP contribution in [0.25, 0.3) is 0 Å². The number of benzene rings is 1. The molecule has 0 atom stereocenters. The average Bonchev–Trinajstić information content (AvgIpc) is 2.98. The highest BCUT2D eigenvalue weighted by Crippen LogP contribution is 2.28. The normalized spacial score (nSPS) is 9.68. The molecule has 4 nitrogen and oxygen atoms in total. The van der Waals surface area contributed by atoms with E-state index in [4.69, 9.17) is 14.7 Å². The number of rotatable bonds is 5. The van der Waals surface area contributed by atoms with Crippen LogP contribution in [0.4, 0.5) is 0 Å². The lowest BCUT2D eigenvalue weighted by molar-refractivity contribution is 0.0923. The van der Waals surface area contributed by atoms with Crippen LogP contribution >= 0.6 is 11.3 Å². The minimum absolute atomic E-state index is 0.0528. The standard InChI is InChI=1S/C14H11NO3S/c1-17-13-7-10(8-15)4-5-12(13)18-9-11(16)14-3-2-6-19-14/h2-7H,9H2,1H3. The number of carbonyl (C=O) groups excluding carboxylic acids is 1. The van der Waals surface area contributed by atoms with Crippen LogP contribution in [0.5, 0.6) is 11.5 Å². The van der Waals surface area contributed by atoms with E-state index in [1.54, 1.807) is 24.3 Å². The van der Waals surface area contributed by atoms with Crippen LogP contribution in [0.2, 0.25) is 0 Å². The molecule has 0 radical (unpaired) electrons. The molecule has 0 spiro atoms. The quantitative estimate of drug-likeness (QED) is 0.786. The Morgan fingerprint density at radius 3 is 2.84 bits per heavy atom. The molecule has 1 aromatic heterocycles. The molecule has 1 heterocycles. The minimum atomic E-state index is -0.0820. The number of nitrogens with zero attached hydrogens (tertiary/aromatic N) is 1. The van der Waals surface area contributed by atoms with Gasteiger partial charge in [-0.3, -0.25) is 4.79 Å². The van der Waals surface area contributed by atoms with E-state index in [-0.39, 0.29) is 12.4 Å². The fourth-order valence-corrected chi connectivity index (χ4v) is 2.16. The highest BCUT2D eigenvalue weighted by atomic mass is 32.1. The zero-order valence-corrected chi connectivity index (χ0v) is 11.1. The maximum Gasteiger partial charge on any atom is 0.210 e. The average molecular weight is 273 g/mol. The van der Waals surface area contributed by atoms with Gasteiger partial charge >= 0.3 is 0 Å². The van der Waals surface area contributed by atoms with E-state index in [1.165, 1.54) is 18.4 Å². The van der Waals surface area contributed by atoms with Gasteiger partial charge in [0.2, 0.25) is 5.78 Å². The molecule has 0 aliphatic carbocycles. The molecule has 0 aliphatic rings. The van der Waals surface area contributed by atoms with E-state index in [1.807, 2.05) is 17.5 Å². The summed E-state index contributed by atoms with van der Waals surface area (Å²) in [4.78, 5) is 12.5. The number of hydrogen-bond acceptors (Lipinski definition) is 5. The molecule has 5 heteroatoms. The number of Topliss-reactive ketones (excluding diaryl/α,β-unsaturated/α-hetero) is 1. The van der Waals surface area contributed by atoms with Crippen LogP contribution in [0.15, 0.2) is 35.7 Å². The van der Waals surface area contributed by atoms with Crippen LogP contribution in [-0.4, -0.2) is 19.5 Å². The van der Waals surface area contributed by atoms with Crippen LogP contribution in [0, 0.1) is 11.3 Å². The molecular formula is C14H11NO3S. The van der Waals surface area contributed by atoms with Gasteiger partial charge in [-0.2, -0.15) is 5.26 Å². The fraction of sp³-hybridized carbons (Fsp3) is 0.143. The van der Waals surface area contributed by atoms with Crippen molar-refractivity contribution >= 4 is 17.1 Å². The van der Waals surface area contributed by atoms with Gasteiger partial charge in [0.25, 0.3) is 0 Å². The van der Waals surface area contributed by atoms with E-state index < -0.39 is 0 Å². The third-order valence-electron chi connectivity index (χ3n) is 2.45. The van der Waals surface area contributed by atoms with E-state index in [0.717, 1.165) is 0 Å². The maximum atomic E-state index is 11.8. The summed E-state index contributed by atoms with van der Waals surface area (Å²) in [6, 6.07) is 10.4. The second-order valence-electron chi connectivity index (χ2n) is 3.67. The summed E-state index contributed by atoms with van der Waals surface area (Å²) in [5, 5.41) is 10.6. The molecule has 0 aliphatic heterocycles. The van der Waals surface area contributed by atoms with Gasteiger partial charge in [0.15, 0.2) is 18.1 Å². The summed E-state index contributed by atoms with van der Waals surface area (Å²) in [7, 11) is 1.49. The monoisotopic (exact) mass is 273 g/mol. The number of ether oxygens (including phenoxy) is 2. The maximum absolute atomic E-state index is 11.8. The molecule has 19 heavy (non-hydrogen) atoms. The minimum Gasteiger partial charge on any atom is -0.493 e. The van der Waals surface area contributed by atoms with Crippen molar-refractivity contribution in [2.45, 2.75) is 0 Å². The Balaban J connectivity index is 2.07. The first-order chi connectivity index (χ1) is 9.24. The van der Waals surface area contributed by atoms with Gasteiger partial charge < -0.3 is 9.47 Å². The van der Waals surface area contributed by atoms with E-state index in [9.17, 15) is 4.79 Å². The third-order valence-corrected chi connectivity index (χ3v) is 3.36. The predicted octanol–water partition coefficient (Wildman–Crippen LogP) is 2.89. The summed E-state index contributed by atoms with van der Waals surface area (Å²) < 4.78 is 10.6. The number of thiophene rings is 1. The molecule has 2 rings (SSSR count). The molecule has 0 unspecified atom stereocenters. The molecule has 0 bridgehead atoms. The molecule has 96 valence electrons. The van der Waals surface area contributed by atoms with Crippen LogP contribution in [0.1, 0.15) is 15.2 Å². The van der Waals surface area contributed by atoms with Crippen molar-refractivity contribution < 1.29 is 14.3 Å². The van der Waals surface area contributed by atoms with Crippen molar-refractivity contribution in [2.75, 3.05) is 13.7 Å². The zero-order valence-electron chi connectivity index (χ0n) is 10.3. The second kappa shape index (κ2) is 6.03. The summed E-state index contributed by atoms with van der Waals surface area (Å²) in [5.41, 5.74) is 0.480. The van der Waals surface area contributed by atoms with Gasteiger partial charge in [0, 0.05) is 6.07 Å². The van der Waals surface area contributed by atoms with Gasteiger partial charge in [-0.1, -0.05) is 6.07 Å². The lowest BCUT2D eigenvalue weighted by Gasteiger charge is -2.09. The van der Waals surface area contributed by atoms with Crippen molar-refractivity contribution in [3.05, 3.63) is 46.2 Å². The van der Waals surface area contributed by atoms with Gasteiger partial charge in [-0.15, -0.1) is 11.3 Å². The highest BCUT2D eigenvalue weighted by molar-refractivity contribution is 7.12. The Bertz CT molecular complexity index is 614. The zero-order chi connectivity index (χ0) is 13.7. The van der Waals surface area contributed by atoms with Gasteiger partial charge in [0.05, 0.1) is 23.6 Å². The number of methoxy groups -OCH3 is 1. The summed E-state index contributed by atoms with van der Waals surface area (Å²) in [5.74, 6) is 0.811. The predicted molar refractivity (Wildman–Crippen MR) is 71.9 cm³/mol. The smallest absolute Gasteiger partial charge is 0.210 e. The Hall–Kier alpha value is -2.32. The largest absolute Gasteiger partial charge is 0.493 e. The first kappa shape index (κ1) is 13.1. The van der Waals surface area contributed by atoms with Crippen molar-refractivity contribution in [3.63, 3.8) is 0 Å². The van der Waals surface area contributed by atoms with Gasteiger partial charge in [-0.25, -0.2) is 0 Å². The van der Waals surface area contributed by atoms with Crippen LogP contribution in [0.3, 0.4) is 0 Å². The first-order valence-corrected chi connectivity index (χ1v) is 6.40. The SMILES string of the molecule is COc1cc(C#N)ccc1OCC(=O)c1cccs1. The molecule has 0 N–H and O–H groups in total. The number of carbonyl (C=O) groups is 1. The molecule has 2 aromatic rings. The molecular weight excluding hydrogens is 262 g/mol. The summed E-state index contributed by atoms with van der Waals surface area (Å²) >= 11 is 1.38. The molecule has 0 fully saturated rings. The second-order valence-corrected chi connectivity index (χ2v) is 4.61. The Labute approximate surface area is 114 Å². The lowest BCUT2D eigenvalue weighted by Crippen LogP contribution is -2.10. The Morgan fingerprint density at radius 1 is 1.37 bits per heavy atom. The van der Waals surface area contributed by atoms with Crippen molar-refractivity contribution in [2.24, 2.45) is 0 Å². The Kier molecular flexibility index (Phi) is 4.16. The van der Waals surface area contributed by atoms with Gasteiger partial charge in [0.1, 0.15) is 0 Å². The molecule has 0 amide bonds. The van der Waals surface area contributed by atoms with E-state index in [2.05, 4.69) is 0 Å². The fourth-order valence-electron chi connectivity index (χ4n) is 1.51. The number of nitriles is 1. The van der Waals surface area contributed by atoms with Crippen molar-refractivity contribution in [1.82, 2.24) is 0 Å². The number of ketones is 1. The van der Waals surface area contributed by atoms with Crippen LogP contribution in [-0.2, 0) is 0 Å². The van der Waals surface area contributed by atoms with Crippen molar-refractivity contribution in [1.29, 1.82) is 5.26 Å². The van der Waals surface area contributed by atoms with Gasteiger partial charge in [-0.05, 0) is 23.6 Å². The topological polar surface area (TPSA) is 59.3 Å². The molecule has 0 saturated heterocycles. The van der Waals surface area contributed by atoms with Crippen molar-refractivity contribution in [3.8, 4) is 17.6 Å². The van der Waals surface area contributed by atoms with E-state index >= 15 is 0 Å². The first-order valence-electron chi connectivity index (χ1n) is 5.52. The molecule has 1 aromatic carbocycles.